The molecule has 0 aliphatic carbocycles. The number of ketones is 1. The molecule has 0 spiro atoms. The van der Waals surface area contributed by atoms with Crippen molar-refractivity contribution in [1.82, 2.24) is 19.6 Å². The molecule has 5 nitrogen and oxygen atoms in total. The first-order valence-corrected chi connectivity index (χ1v) is 9.51. The summed E-state index contributed by atoms with van der Waals surface area (Å²) in [6.07, 6.45) is 0.667. The predicted molar refractivity (Wildman–Crippen MR) is 97.8 cm³/mol. The highest BCUT2D eigenvalue weighted by Crippen LogP contribution is 2.08. The molecule has 0 atom stereocenters. The van der Waals surface area contributed by atoms with E-state index in [1.54, 1.807) is 0 Å². The first-order chi connectivity index (χ1) is 11.1. The van der Waals surface area contributed by atoms with E-state index in [0.717, 1.165) is 32.8 Å². The van der Waals surface area contributed by atoms with Crippen LogP contribution in [0.5, 0.6) is 0 Å². The van der Waals surface area contributed by atoms with E-state index in [9.17, 15) is 4.79 Å². The fraction of sp³-hybridized carbons (Fsp3) is 0.944. The minimum atomic E-state index is 0.369. The van der Waals surface area contributed by atoms with E-state index in [2.05, 4.69) is 33.4 Å². The third-order valence-corrected chi connectivity index (χ3v) is 4.80. The van der Waals surface area contributed by atoms with Crippen molar-refractivity contribution in [2.75, 3.05) is 65.6 Å². The third-order valence-electron chi connectivity index (χ3n) is 4.80. The maximum atomic E-state index is 11.5. The molecule has 5 heteroatoms. The van der Waals surface area contributed by atoms with Crippen LogP contribution in [0.25, 0.3) is 0 Å². The van der Waals surface area contributed by atoms with Gasteiger partial charge >= 0.3 is 0 Å². The summed E-state index contributed by atoms with van der Waals surface area (Å²) in [4.78, 5) is 21.5. The van der Waals surface area contributed by atoms with Gasteiger partial charge in [0.15, 0.2) is 0 Å². The van der Waals surface area contributed by atoms with Gasteiger partial charge in [0.05, 0.1) is 13.2 Å². The molecule has 2 rings (SSSR count). The Balaban J connectivity index is 0.00000127. The van der Waals surface area contributed by atoms with Gasteiger partial charge in [0.25, 0.3) is 0 Å². The Morgan fingerprint density at radius 3 is 1.70 bits per heavy atom. The van der Waals surface area contributed by atoms with Crippen LogP contribution in [-0.2, 0) is 4.79 Å². The zero-order chi connectivity index (χ0) is 17.2. The lowest BCUT2D eigenvalue weighted by Gasteiger charge is -2.41. The zero-order valence-electron chi connectivity index (χ0n) is 16.1. The molecule has 0 radical (unpaired) electrons. The highest BCUT2D eigenvalue weighted by atomic mass is 16.1. The van der Waals surface area contributed by atoms with Crippen molar-refractivity contribution in [3.8, 4) is 0 Å². The monoisotopic (exact) mass is 326 g/mol. The molecular weight excluding hydrogens is 288 g/mol. The number of rotatable bonds is 6. The van der Waals surface area contributed by atoms with E-state index < -0.39 is 0 Å². The Bertz CT molecular complexity index is 319. The molecule has 0 N–H and O–H groups in total. The van der Waals surface area contributed by atoms with E-state index in [-0.39, 0.29) is 0 Å². The van der Waals surface area contributed by atoms with Gasteiger partial charge in [-0.3, -0.25) is 24.4 Å². The van der Waals surface area contributed by atoms with Crippen LogP contribution in [0.15, 0.2) is 0 Å². The second-order valence-electron chi connectivity index (χ2n) is 6.68. The number of Topliss-reactive ketones (excluding diaryl/α,β-unsaturated/α-hetero) is 1. The first-order valence-electron chi connectivity index (χ1n) is 9.51. The lowest BCUT2D eigenvalue weighted by molar-refractivity contribution is -0.120. The maximum Gasteiger partial charge on any atom is 0.146 e. The van der Waals surface area contributed by atoms with Crippen molar-refractivity contribution in [3.63, 3.8) is 0 Å². The molecule has 0 aromatic rings. The minimum absolute atomic E-state index is 0.369. The molecule has 2 fully saturated rings. The summed E-state index contributed by atoms with van der Waals surface area (Å²) in [7, 11) is 0. The molecular formula is C18H38N4O. The van der Waals surface area contributed by atoms with Crippen LogP contribution in [0, 0.1) is 0 Å². The number of carbonyl (C=O) groups excluding carboxylic acids is 1. The van der Waals surface area contributed by atoms with Gasteiger partial charge in [0.1, 0.15) is 5.78 Å². The largest absolute Gasteiger partial charge is 0.298 e. The Morgan fingerprint density at radius 1 is 0.826 bits per heavy atom. The van der Waals surface area contributed by atoms with Gasteiger partial charge in [-0.15, -0.1) is 0 Å². The average molecular weight is 327 g/mol. The summed E-state index contributed by atoms with van der Waals surface area (Å²) in [5.41, 5.74) is 0. The molecule has 2 aliphatic rings. The second-order valence-corrected chi connectivity index (χ2v) is 6.68. The normalized spacial score (nSPS) is 22.0. The van der Waals surface area contributed by atoms with E-state index >= 15 is 0 Å². The van der Waals surface area contributed by atoms with Gasteiger partial charge in [-0.25, -0.2) is 0 Å². The Labute approximate surface area is 143 Å². The number of carbonyl (C=O) groups is 1. The molecule has 0 bridgehead atoms. The molecule has 2 saturated heterocycles. The molecule has 2 heterocycles. The van der Waals surface area contributed by atoms with Crippen LogP contribution in [0.1, 0.15) is 41.0 Å². The highest BCUT2D eigenvalue weighted by molar-refractivity contribution is 5.80. The van der Waals surface area contributed by atoms with Crippen molar-refractivity contribution >= 4 is 5.78 Å². The van der Waals surface area contributed by atoms with Gasteiger partial charge in [0, 0.05) is 64.8 Å². The van der Waals surface area contributed by atoms with Crippen LogP contribution in [-0.4, -0.2) is 97.0 Å². The molecule has 136 valence electrons. The Hall–Kier alpha value is -0.490. The van der Waals surface area contributed by atoms with E-state index in [1.807, 2.05) is 20.8 Å². The van der Waals surface area contributed by atoms with Crippen molar-refractivity contribution in [3.05, 3.63) is 0 Å². The summed E-state index contributed by atoms with van der Waals surface area (Å²) in [5.74, 6) is 0.369. The Kier molecular flexibility index (Phi) is 9.95. The molecule has 0 amide bonds. The molecule has 23 heavy (non-hydrogen) atoms. The van der Waals surface area contributed by atoms with Gasteiger partial charge in [-0.05, 0) is 13.8 Å². The Morgan fingerprint density at radius 2 is 1.26 bits per heavy atom. The van der Waals surface area contributed by atoms with Crippen molar-refractivity contribution < 1.29 is 4.79 Å². The van der Waals surface area contributed by atoms with Crippen molar-refractivity contribution in [2.24, 2.45) is 0 Å². The highest BCUT2D eigenvalue weighted by Gasteiger charge is 2.23. The number of piperazine rings is 2. The molecule has 0 aromatic carbocycles. The average Bonchev–Trinajstić information content (AvgIpc) is 2.59. The second kappa shape index (κ2) is 11.1. The van der Waals surface area contributed by atoms with E-state index in [4.69, 9.17) is 0 Å². The van der Waals surface area contributed by atoms with Crippen molar-refractivity contribution in [2.45, 2.75) is 47.1 Å². The molecule has 2 aliphatic heterocycles. The van der Waals surface area contributed by atoms with Gasteiger partial charge in [0.2, 0.25) is 0 Å². The van der Waals surface area contributed by atoms with E-state index in [1.165, 1.54) is 26.2 Å². The van der Waals surface area contributed by atoms with Crippen LogP contribution >= 0.6 is 0 Å². The van der Waals surface area contributed by atoms with Crippen LogP contribution < -0.4 is 0 Å². The van der Waals surface area contributed by atoms with Gasteiger partial charge in [-0.1, -0.05) is 20.8 Å². The molecule has 0 unspecified atom stereocenters. The zero-order valence-corrected chi connectivity index (χ0v) is 16.1. The smallest absolute Gasteiger partial charge is 0.146 e. The van der Waals surface area contributed by atoms with Crippen molar-refractivity contribution in [1.29, 1.82) is 0 Å². The summed E-state index contributed by atoms with van der Waals surface area (Å²) in [6, 6.07) is 0.673. The fourth-order valence-electron chi connectivity index (χ4n) is 3.15. The van der Waals surface area contributed by atoms with Crippen LogP contribution in [0.4, 0.5) is 0 Å². The third kappa shape index (κ3) is 7.29. The van der Waals surface area contributed by atoms with Gasteiger partial charge in [-0.2, -0.15) is 0 Å². The number of hydrogen-bond donors (Lipinski definition) is 0. The van der Waals surface area contributed by atoms with Gasteiger partial charge < -0.3 is 0 Å². The molecule has 0 saturated carbocycles. The summed E-state index contributed by atoms with van der Waals surface area (Å²) >= 11 is 0. The summed E-state index contributed by atoms with van der Waals surface area (Å²) in [6.45, 7) is 21.3. The number of nitrogens with zero attached hydrogens (tertiary/aromatic N) is 4. The maximum absolute atomic E-state index is 11.5. The van der Waals surface area contributed by atoms with Crippen LogP contribution in [0.3, 0.4) is 0 Å². The lowest BCUT2D eigenvalue weighted by Crippen LogP contribution is -2.55. The van der Waals surface area contributed by atoms with E-state index in [0.29, 0.717) is 24.8 Å². The standard InChI is InChI=1S/C16H32N4O.C2H6/c1-4-16(21)13-17-5-7-18(8-6-17)14-19-9-11-20(12-10-19)15(2)3;1-2/h15H,4-14H2,1-3H3;1-2H3. The molecule has 0 aromatic heterocycles. The lowest BCUT2D eigenvalue weighted by atomic mass is 10.2. The summed E-state index contributed by atoms with van der Waals surface area (Å²) < 4.78 is 0. The summed E-state index contributed by atoms with van der Waals surface area (Å²) in [5, 5.41) is 0. The van der Waals surface area contributed by atoms with Crippen LogP contribution in [0.2, 0.25) is 0 Å². The minimum Gasteiger partial charge on any atom is -0.298 e. The first kappa shape index (κ1) is 20.6. The fourth-order valence-corrected chi connectivity index (χ4v) is 3.15. The quantitative estimate of drug-likeness (QED) is 0.740. The number of hydrogen-bond acceptors (Lipinski definition) is 5. The SMILES string of the molecule is CC.CCC(=O)CN1CCN(CN2CCN(C(C)C)CC2)CC1. The predicted octanol–water partition coefficient (Wildman–Crippen LogP) is 1.59. The topological polar surface area (TPSA) is 30.0 Å².